The summed E-state index contributed by atoms with van der Waals surface area (Å²) >= 11 is 21.4. The first-order valence-electron chi connectivity index (χ1n) is 26.7. The number of Topliss-reactive ketones (excluding diaryl/α,β-unsaturated/α-hetero) is 2. The van der Waals surface area contributed by atoms with Crippen LogP contribution < -0.4 is 19.7 Å². The summed E-state index contributed by atoms with van der Waals surface area (Å²) in [5, 5.41) is 6.36. The molecule has 3 aliphatic rings. The average molecular weight is 1350 g/mol. The Kier molecular flexibility index (Phi) is 26.6. The van der Waals surface area contributed by atoms with Crippen LogP contribution in [0.5, 0.6) is 11.5 Å². The molecule has 1 aromatic heterocycles. The van der Waals surface area contributed by atoms with E-state index in [0.717, 1.165) is 76.4 Å². The second-order valence-corrected chi connectivity index (χ2v) is 26.4. The van der Waals surface area contributed by atoms with Crippen LogP contribution in [0.1, 0.15) is 71.5 Å². The number of nitrogens with zero attached hydrogens (tertiary/aromatic N) is 2. The van der Waals surface area contributed by atoms with Gasteiger partial charge < -0.3 is 38.5 Å². The number of ether oxygens (including phenoxy) is 5. The molecule has 0 radical (unpaired) electrons. The van der Waals surface area contributed by atoms with Crippen molar-refractivity contribution in [1.29, 1.82) is 0 Å². The fourth-order valence-electron chi connectivity index (χ4n) is 10.3. The van der Waals surface area contributed by atoms with Crippen molar-refractivity contribution in [1.82, 2.24) is 4.57 Å². The molecule has 6 aromatic carbocycles. The van der Waals surface area contributed by atoms with Crippen molar-refractivity contribution in [2.75, 3.05) is 45.8 Å². The Morgan fingerprint density at radius 2 is 1.12 bits per heavy atom. The predicted octanol–water partition coefficient (Wildman–Crippen LogP) is 15.0. The van der Waals surface area contributed by atoms with Gasteiger partial charge in [-0.1, -0.05) is 148 Å². The number of hydrogen-bond donors (Lipinski definition) is 1. The number of rotatable bonds is 14. The first-order chi connectivity index (χ1) is 40.0. The molecule has 0 bridgehead atoms. The number of aryl methyl sites for hydroxylation is 1. The van der Waals surface area contributed by atoms with Gasteiger partial charge in [-0.3, -0.25) is 24.0 Å². The van der Waals surface area contributed by atoms with E-state index in [2.05, 4.69) is 61.7 Å². The molecule has 2 saturated carbocycles. The van der Waals surface area contributed by atoms with Crippen LogP contribution in [0.15, 0.2) is 140 Å². The molecule has 1 heterocycles. The van der Waals surface area contributed by atoms with Gasteiger partial charge in [0.15, 0.2) is 11.6 Å². The van der Waals surface area contributed by atoms with Crippen LogP contribution in [0, 0.1) is 18.8 Å². The van der Waals surface area contributed by atoms with E-state index in [4.69, 9.17) is 73.1 Å². The number of aromatic nitrogens is 1. The van der Waals surface area contributed by atoms with Crippen molar-refractivity contribution in [2.24, 2.45) is 11.8 Å². The Balaban J connectivity index is 0.000000182. The summed E-state index contributed by atoms with van der Waals surface area (Å²) in [6.45, 7) is 4.08. The van der Waals surface area contributed by atoms with Gasteiger partial charge in [-0.25, -0.2) is 0 Å². The third kappa shape index (κ3) is 17.5. The van der Waals surface area contributed by atoms with Crippen molar-refractivity contribution >= 4 is 122 Å². The molecule has 5 atom stereocenters. The fraction of sp³-hybridized carbons (Fsp3) is 0.317. The summed E-state index contributed by atoms with van der Waals surface area (Å²) in [5.41, 5.74) is 9.59. The normalized spacial score (nSPS) is 17.3. The Bertz CT molecular complexity index is 3310. The molecule has 0 saturated heterocycles. The van der Waals surface area contributed by atoms with Gasteiger partial charge >= 0.3 is 52.4 Å². The van der Waals surface area contributed by atoms with Crippen LogP contribution in [-0.2, 0) is 79.4 Å². The topological polar surface area (TPSA) is 152 Å². The van der Waals surface area contributed by atoms with Crippen LogP contribution in [-0.4, -0.2) is 80.5 Å². The van der Waals surface area contributed by atoms with Gasteiger partial charge in [0, 0.05) is 42.8 Å². The van der Waals surface area contributed by atoms with Crippen molar-refractivity contribution in [3.05, 3.63) is 188 Å². The summed E-state index contributed by atoms with van der Waals surface area (Å²) in [4.78, 5) is 61.1. The van der Waals surface area contributed by atoms with Gasteiger partial charge in [-0.2, -0.15) is 0 Å². The molecule has 0 amide bonds. The number of alkyl halides is 1. The standard InChI is InChI=1S/C21H22ClNO4.C21H20ClNO2.C14H14ClNO.C7H9BrO3.2ClH.Zn/c1-26-15-8-10-17(22)19(12-15)23(13-14-6-4-3-5-7-14)18-11-9-16(20(18)24)21(25)27-2;1-13-8-10-16(22)20-18(13)19-15(21(24)25-2)9-11-17(19)23(20)12-14-6-4-3-5-7-14;1-17-12-7-8-13(15)14(9-12)16-10-11-5-3-2-4-6-11;1-11-7(10)4-2-3-5(8)6(4)9;;;/h3-8,10,12,16,18H,9,11,13H2,1-2H3;3-8,10,15H,9,11-12H2,1-2H3;2-9,16H,10H2,1H3;4-5H,2-3H2,1H3;2*1H;/q;;;;;;+2/p-2. The number of anilines is 2. The molecule has 10 rings (SSSR count). The van der Waals surface area contributed by atoms with Gasteiger partial charge in [0.1, 0.15) is 23.3 Å². The molecular formula is C63H65BrCl5N3O10Zn. The van der Waals surface area contributed by atoms with E-state index in [-0.39, 0.29) is 28.3 Å². The summed E-state index contributed by atoms with van der Waals surface area (Å²) in [6.07, 6.45) is 4.06. The number of carbonyl (C=O) groups excluding carboxylic acids is 5. The number of nitrogens with one attached hydrogen (secondary N) is 1. The Morgan fingerprint density at radius 1 is 0.614 bits per heavy atom. The molecule has 0 aliphatic heterocycles. The van der Waals surface area contributed by atoms with E-state index >= 15 is 0 Å². The van der Waals surface area contributed by atoms with Crippen LogP contribution in [0.2, 0.25) is 15.1 Å². The van der Waals surface area contributed by atoms with Crippen LogP contribution in [0.25, 0.3) is 10.9 Å². The Labute approximate surface area is 524 Å². The monoisotopic (exact) mass is 1340 g/mol. The molecule has 20 heteroatoms. The van der Waals surface area contributed by atoms with Gasteiger partial charge in [0.2, 0.25) is 0 Å². The van der Waals surface area contributed by atoms with Crippen molar-refractivity contribution in [3.8, 4) is 11.5 Å². The SMILES string of the molecule is COC(=O)C1CCC(Br)C1=O.COC(=O)C1CCC(N(Cc2ccccc2)c2cc(OC)ccc2Cl)C1=O.COC(=O)C1CCc2c1c1c(C)ccc(Cl)c1n2Cc1ccccc1.COc1ccc(Cl)c(NCc2ccccc2)c1.[Cl][Zn][Cl]. The minimum absolute atomic E-state index is 0.0446. The number of ketones is 2. The van der Waals surface area contributed by atoms with Crippen molar-refractivity contribution in [3.63, 3.8) is 0 Å². The second-order valence-electron chi connectivity index (χ2n) is 19.4. The summed E-state index contributed by atoms with van der Waals surface area (Å²) in [5.74, 6) is -1.20. The number of esters is 3. The van der Waals surface area contributed by atoms with Gasteiger partial charge in [0.05, 0.1) is 84.3 Å². The Hall–Kier alpha value is -5.64. The fourth-order valence-corrected chi connectivity index (χ4v) is 11.6. The number of benzene rings is 6. The van der Waals surface area contributed by atoms with Crippen LogP contribution >= 0.6 is 70.1 Å². The number of hydrogen-bond acceptors (Lipinski definition) is 12. The molecule has 0 spiro atoms. The molecular weight excluding hydrogens is 1280 g/mol. The summed E-state index contributed by atoms with van der Waals surface area (Å²) in [7, 11) is 17.2. The van der Waals surface area contributed by atoms with E-state index in [0.29, 0.717) is 47.3 Å². The second kappa shape index (κ2) is 33.2. The van der Waals surface area contributed by atoms with E-state index in [1.165, 1.54) is 38.2 Å². The molecule has 2 fully saturated rings. The van der Waals surface area contributed by atoms with E-state index in [1.54, 1.807) is 26.4 Å². The van der Waals surface area contributed by atoms with Crippen LogP contribution in [0.3, 0.4) is 0 Å². The molecule has 436 valence electrons. The molecule has 1 N–H and O–H groups in total. The minimum atomic E-state index is -0.931. The Morgan fingerprint density at radius 3 is 1.67 bits per heavy atom. The zero-order valence-electron chi connectivity index (χ0n) is 47.0. The van der Waals surface area contributed by atoms with E-state index in [1.807, 2.05) is 108 Å². The number of carbonyl (C=O) groups is 5. The molecule has 3 aliphatic carbocycles. The average Bonchev–Trinajstić information content (AvgIpc) is 2.09. The third-order valence-corrected chi connectivity index (χ3v) is 16.3. The number of halogens is 6. The maximum atomic E-state index is 13.0. The first-order valence-corrected chi connectivity index (χ1v) is 36.5. The van der Waals surface area contributed by atoms with Gasteiger partial charge in [-0.15, -0.1) is 0 Å². The van der Waals surface area contributed by atoms with Crippen molar-refractivity contribution in [2.45, 2.75) is 81.9 Å². The predicted molar refractivity (Wildman–Crippen MR) is 330 cm³/mol. The van der Waals surface area contributed by atoms with Gasteiger partial charge in [0.25, 0.3) is 0 Å². The zero-order chi connectivity index (χ0) is 60.2. The number of fused-ring (bicyclic) bond motifs is 3. The molecule has 5 unspecified atom stereocenters. The third-order valence-electron chi connectivity index (χ3n) is 14.5. The number of methoxy groups -OCH3 is 5. The van der Waals surface area contributed by atoms with E-state index in [9.17, 15) is 24.0 Å². The maximum absolute atomic E-state index is 13.0. The molecule has 13 nitrogen and oxygen atoms in total. The summed E-state index contributed by atoms with van der Waals surface area (Å²) in [6, 6.07) is 44.8. The molecule has 7 aromatic rings. The summed E-state index contributed by atoms with van der Waals surface area (Å²) < 4.78 is 27.1. The van der Waals surface area contributed by atoms with Gasteiger partial charge in [-0.05, 0) is 104 Å². The van der Waals surface area contributed by atoms with Crippen LogP contribution in [0.4, 0.5) is 11.4 Å². The zero-order valence-corrected chi connectivity index (χ0v) is 55.3. The molecule has 83 heavy (non-hydrogen) atoms. The quantitative estimate of drug-likeness (QED) is 0.0363. The van der Waals surface area contributed by atoms with Crippen molar-refractivity contribution < 1.29 is 62.8 Å². The first kappa shape index (κ1) is 66.5. The van der Waals surface area contributed by atoms with E-state index < -0.39 is 45.0 Å².